The van der Waals surface area contributed by atoms with E-state index in [2.05, 4.69) is 25.6 Å². The number of carbonyl (C=O) groups is 1. The van der Waals surface area contributed by atoms with E-state index in [1.165, 1.54) is 0 Å². The maximum atomic E-state index is 11.4. The molecule has 1 fully saturated rings. The molecule has 8 nitrogen and oxygen atoms in total. The first-order chi connectivity index (χ1) is 9.69. The van der Waals surface area contributed by atoms with Gasteiger partial charge in [-0.2, -0.15) is 15.0 Å². The van der Waals surface area contributed by atoms with Crippen molar-refractivity contribution in [2.45, 2.75) is 6.92 Å². The van der Waals surface area contributed by atoms with Crippen LogP contribution in [0.2, 0.25) is 5.28 Å². The molecule has 1 aliphatic heterocycles. The van der Waals surface area contributed by atoms with Crippen LogP contribution < -0.4 is 15.5 Å². The van der Waals surface area contributed by atoms with Gasteiger partial charge in [0.15, 0.2) is 0 Å². The molecule has 2 N–H and O–H groups in total. The topological polar surface area (TPSA) is 92.3 Å². The monoisotopic (exact) mass is 300 g/mol. The minimum absolute atomic E-state index is 0.0940. The fourth-order valence-electron chi connectivity index (χ4n) is 1.74. The number of morpholine rings is 1. The Bertz CT molecular complexity index is 466. The maximum absolute atomic E-state index is 11.4. The van der Waals surface area contributed by atoms with Gasteiger partial charge in [0.1, 0.15) is 0 Å². The Morgan fingerprint density at radius 2 is 2.10 bits per heavy atom. The smallest absolute Gasteiger partial charge is 0.239 e. The summed E-state index contributed by atoms with van der Waals surface area (Å²) in [7, 11) is 0. The number of nitrogens with zero attached hydrogens (tertiary/aromatic N) is 4. The summed E-state index contributed by atoms with van der Waals surface area (Å²) in [6.07, 6.45) is 0. The fourth-order valence-corrected chi connectivity index (χ4v) is 1.90. The molecule has 2 heterocycles. The molecule has 0 saturated carbocycles. The lowest BCUT2D eigenvalue weighted by atomic mass is 10.4. The number of likely N-dealkylation sites (N-methyl/N-ethyl adjacent to an activating group) is 1. The van der Waals surface area contributed by atoms with Crippen LogP contribution in [-0.2, 0) is 9.53 Å². The third-order valence-electron chi connectivity index (χ3n) is 2.67. The van der Waals surface area contributed by atoms with Crippen LogP contribution in [0.25, 0.3) is 0 Å². The zero-order chi connectivity index (χ0) is 14.4. The average Bonchev–Trinajstić information content (AvgIpc) is 2.46. The molecule has 0 aromatic carbocycles. The van der Waals surface area contributed by atoms with E-state index in [4.69, 9.17) is 16.3 Å². The highest BCUT2D eigenvalue weighted by atomic mass is 35.5. The van der Waals surface area contributed by atoms with E-state index in [1.807, 2.05) is 11.8 Å². The number of amides is 1. The lowest BCUT2D eigenvalue weighted by Gasteiger charge is -2.26. The summed E-state index contributed by atoms with van der Waals surface area (Å²) in [6, 6.07) is 0. The summed E-state index contributed by atoms with van der Waals surface area (Å²) < 4.78 is 5.27. The maximum Gasteiger partial charge on any atom is 0.239 e. The Labute approximate surface area is 121 Å². The van der Waals surface area contributed by atoms with E-state index in [1.54, 1.807) is 0 Å². The second-order valence-corrected chi connectivity index (χ2v) is 4.47. The number of ether oxygens (including phenoxy) is 1. The van der Waals surface area contributed by atoms with Gasteiger partial charge in [-0.15, -0.1) is 0 Å². The molecular formula is C11H17ClN6O2. The lowest BCUT2D eigenvalue weighted by molar-refractivity contribution is -0.119. The van der Waals surface area contributed by atoms with Crippen LogP contribution in [0.15, 0.2) is 0 Å². The van der Waals surface area contributed by atoms with Crippen molar-refractivity contribution in [1.82, 2.24) is 20.3 Å². The van der Waals surface area contributed by atoms with Crippen molar-refractivity contribution in [2.24, 2.45) is 0 Å². The van der Waals surface area contributed by atoms with Crippen LogP contribution in [0.4, 0.5) is 11.9 Å². The zero-order valence-corrected chi connectivity index (χ0v) is 12.0. The highest BCUT2D eigenvalue weighted by molar-refractivity contribution is 6.28. The van der Waals surface area contributed by atoms with E-state index < -0.39 is 0 Å². The molecule has 1 aromatic rings. The van der Waals surface area contributed by atoms with Crippen molar-refractivity contribution >= 4 is 29.4 Å². The Hall–Kier alpha value is -1.67. The number of hydrogen-bond acceptors (Lipinski definition) is 7. The van der Waals surface area contributed by atoms with E-state index >= 15 is 0 Å². The molecule has 2 rings (SSSR count). The quantitative estimate of drug-likeness (QED) is 0.785. The molecule has 1 amide bonds. The number of nitrogens with one attached hydrogen (secondary N) is 2. The zero-order valence-electron chi connectivity index (χ0n) is 11.2. The SMILES string of the molecule is CCNC(=O)CNc1nc(Cl)nc(N2CCOCC2)n1. The summed E-state index contributed by atoms with van der Waals surface area (Å²) >= 11 is 5.89. The Morgan fingerprint density at radius 3 is 2.80 bits per heavy atom. The minimum Gasteiger partial charge on any atom is -0.378 e. The summed E-state index contributed by atoms with van der Waals surface area (Å²) in [4.78, 5) is 25.7. The molecule has 0 aliphatic carbocycles. The van der Waals surface area contributed by atoms with Gasteiger partial charge in [0.05, 0.1) is 19.8 Å². The molecular weight excluding hydrogens is 284 g/mol. The van der Waals surface area contributed by atoms with Crippen molar-refractivity contribution in [3.8, 4) is 0 Å². The first-order valence-corrected chi connectivity index (χ1v) is 6.81. The number of anilines is 2. The first kappa shape index (κ1) is 14.7. The summed E-state index contributed by atoms with van der Waals surface area (Å²) in [6.45, 7) is 5.20. The van der Waals surface area contributed by atoms with E-state index in [0.29, 0.717) is 38.8 Å². The molecule has 110 valence electrons. The molecule has 0 bridgehead atoms. The summed E-state index contributed by atoms with van der Waals surface area (Å²) in [5.41, 5.74) is 0. The molecule has 1 aromatic heterocycles. The van der Waals surface area contributed by atoms with Gasteiger partial charge in [0.25, 0.3) is 0 Å². The van der Waals surface area contributed by atoms with Crippen LogP contribution in [0.1, 0.15) is 6.92 Å². The largest absolute Gasteiger partial charge is 0.378 e. The normalized spacial score (nSPS) is 15.0. The highest BCUT2D eigenvalue weighted by Gasteiger charge is 2.16. The second kappa shape index (κ2) is 7.20. The first-order valence-electron chi connectivity index (χ1n) is 6.44. The third-order valence-corrected chi connectivity index (χ3v) is 2.84. The van der Waals surface area contributed by atoms with E-state index in [-0.39, 0.29) is 23.7 Å². The Morgan fingerprint density at radius 1 is 1.35 bits per heavy atom. The molecule has 9 heteroatoms. The standard InChI is InChI=1S/C11H17ClN6O2/c1-2-13-8(19)7-14-10-15-9(12)16-11(17-10)18-3-5-20-6-4-18/h2-7H2,1H3,(H,13,19)(H,14,15,16,17). The van der Waals surface area contributed by atoms with Gasteiger partial charge in [0, 0.05) is 19.6 Å². The van der Waals surface area contributed by atoms with Gasteiger partial charge in [-0.05, 0) is 18.5 Å². The van der Waals surface area contributed by atoms with Gasteiger partial charge in [-0.3, -0.25) is 4.79 Å². The molecule has 0 spiro atoms. The van der Waals surface area contributed by atoms with Gasteiger partial charge in [-0.25, -0.2) is 0 Å². The van der Waals surface area contributed by atoms with Crippen LogP contribution in [0.3, 0.4) is 0 Å². The number of halogens is 1. The predicted octanol–water partition coefficient (Wildman–Crippen LogP) is -0.0904. The lowest BCUT2D eigenvalue weighted by Crippen LogP contribution is -2.37. The molecule has 20 heavy (non-hydrogen) atoms. The Balaban J connectivity index is 2.02. The van der Waals surface area contributed by atoms with E-state index in [0.717, 1.165) is 0 Å². The second-order valence-electron chi connectivity index (χ2n) is 4.13. The van der Waals surface area contributed by atoms with Crippen LogP contribution in [-0.4, -0.2) is 60.3 Å². The fraction of sp³-hybridized carbons (Fsp3) is 0.636. The average molecular weight is 301 g/mol. The van der Waals surface area contributed by atoms with Crippen molar-refractivity contribution in [3.63, 3.8) is 0 Å². The van der Waals surface area contributed by atoms with Crippen LogP contribution in [0.5, 0.6) is 0 Å². The van der Waals surface area contributed by atoms with Gasteiger partial charge in [-0.1, -0.05) is 0 Å². The van der Waals surface area contributed by atoms with Crippen LogP contribution >= 0.6 is 11.6 Å². The summed E-state index contributed by atoms with van der Waals surface area (Å²) in [5, 5.41) is 5.61. The number of aromatic nitrogens is 3. The Kier molecular flexibility index (Phi) is 5.31. The predicted molar refractivity (Wildman–Crippen MR) is 75.0 cm³/mol. The molecule has 0 unspecified atom stereocenters. The number of rotatable bonds is 5. The van der Waals surface area contributed by atoms with Crippen molar-refractivity contribution in [3.05, 3.63) is 5.28 Å². The third kappa shape index (κ3) is 4.17. The van der Waals surface area contributed by atoms with Crippen LogP contribution in [0, 0.1) is 0 Å². The van der Waals surface area contributed by atoms with Crippen molar-refractivity contribution < 1.29 is 9.53 Å². The van der Waals surface area contributed by atoms with E-state index in [9.17, 15) is 4.79 Å². The molecule has 1 aliphatic rings. The number of hydrogen-bond donors (Lipinski definition) is 2. The van der Waals surface area contributed by atoms with Gasteiger partial charge in [0.2, 0.25) is 23.1 Å². The number of carbonyl (C=O) groups excluding carboxylic acids is 1. The molecule has 0 radical (unpaired) electrons. The molecule has 1 saturated heterocycles. The minimum atomic E-state index is -0.128. The van der Waals surface area contributed by atoms with Crippen molar-refractivity contribution in [1.29, 1.82) is 0 Å². The summed E-state index contributed by atoms with van der Waals surface area (Å²) in [5.74, 6) is 0.654. The molecule has 0 atom stereocenters. The highest BCUT2D eigenvalue weighted by Crippen LogP contribution is 2.14. The van der Waals surface area contributed by atoms with Crippen molar-refractivity contribution in [2.75, 3.05) is 49.6 Å². The van der Waals surface area contributed by atoms with Gasteiger partial charge < -0.3 is 20.3 Å². The van der Waals surface area contributed by atoms with Gasteiger partial charge >= 0.3 is 0 Å².